The van der Waals surface area contributed by atoms with Crippen LogP contribution in [0.15, 0.2) is 0 Å². The Balaban J connectivity index is 2.72. The second kappa shape index (κ2) is 6.16. The van der Waals surface area contributed by atoms with E-state index in [-0.39, 0.29) is 0 Å². The summed E-state index contributed by atoms with van der Waals surface area (Å²) in [5.74, 6) is 0.763. The monoisotopic (exact) mass is 246 g/mol. The fourth-order valence-electron chi connectivity index (χ4n) is 0.315. The molecule has 0 heterocycles. The molecule has 0 aromatic rings. The zero-order chi connectivity index (χ0) is 6.41. The summed E-state index contributed by atoms with van der Waals surface area (Å²) in [4.78, 5) is 0. The zero-order valence-electron chi connectivity index (χ0n) is 5.19. The van der Waals surface area contributed by atoms with Gasteiger partial charge in [-0.05, 0) is 12.3 Å². The first-order valence-corrected chi connectivity index (χ1v) is 5.96. The van der Waals surface area contributed by atoms with Crippen molar-refractivity contribution in [2.45, 2.75) is 20.3 Å². The third-order valence-corrected chi connectivity index (χ3v) is 1.84. The number of hydrogen-bond acceptors (Lipinski definition) is 2. The van der Waals surface area contributed by atoms with Gasteiger partial charge in [0.1, 0.15) is 0 Å². The van der Waals surface area contributed by atoms with Crippen molar-refractivity contribution in [3.63, 3.8) is 0 Å². The van der Waals surface area contributed by atoms with Gasteiger partial charge in [0.25, 0.3) is 0 Å². The second-order valence-electron chi connectivity index (χ2n) is 2.07. The van der Waals surface area contributed by atoms with Crippen LogP contribution in [0.1, 0.15) is 20.3 Å². The molecule has 0 aliphatic heterocycles. The molecule has 3 heteroatoms. The van der Waals surface area contributed by atoms with Gasteiger partial charge in [-0.3, -0.25) is 0 Å². The molecule has 0 aliphatic carbocycles. The van der Waals surface area contributed by atoms with Crippen molar-refractivity contribution in [3.8, 4) is 0 Å². The van der Waals surface area contributed by atoms with E-state index < -0.39 is 0 Å². The highest BCUT2D eigenvalue weighted by Crippen LogP contribution is 2.13. The summed E-state index contributed by atoms with van der Waals surface area (Å²) in [6, 6.07) is 0. The van der Waals surface area contributed by atoms with E-state index in [1.165, 1.54) is 9.21 Å². The smallest absolute Gasteiger partial charge is 0.0650 e. The van der Waals surface area contributed by atoms with Gasteiger partial charge in [0, 0.05) is 21.2 Å². The van der Waals surface area contributed by atoms with Crippen LogP contribution in [0, 0.1) is 5.92 Å². The average molecular weight is 246 g/mol. The SMILES string of the molecule is CC(C)CCOSI. The quantitative estimate of drug-likeness (QED) is 0.428. The Labute approximate surface area is 67.4 Å². The van der Waals surface area contributed by atoms with Gasteiger partial charge in [0.05, 0.1) is 15.8 Å². The molecule has 0 fully saturated rings. The molecular weight excluding hydrogens is 235 g/mol. The highest BCUT2D eigenvalue weighted by atomic mass is 127. The fourth-order valence-corrected chi connectivity index (χ4v) is 1.01. The fraction of sp³-hybridized carbons (Fsp3) is 1.00. The summed E-state index contributed by atoms with van der Waals surface area (Å²) in [6.07, 6.45) is 1.16. The molecule has 0 unspecified atom stereocenters. The van der Waals surface area contributed by atoms with Gasteiger partial charge in [0.15, 0.2) is 0 Å². The van der Waals surface area contributed by atoms with Crippen molar-refractivity contribution >= 4 is 30.4 Å². The highest BCUT2D eigenvalue weighted by Gasteiger charge is 1.91. The molecule has 1 nitrogen and oxygen atoms in total. The largest absolute Gasteiger partial charge is 0.305 e. The lowest BCUT2D eigenvalue weighted by Gasteiger charge is -2.00. The lowest BCUT2D eigenvalue weighted by Crippen LogP contribution is -1.92. The molecular formula is C5H11IOS. The molecule has 0 radical (unpaired) electrons. The van der Waals surface area contributed by atoms with Crippen molar-refractivity contribution < 1.29 is 4.18 Å². The van der Waals surface area contributed by atoms with E-state index in [1.807, 2.05) is 0 Å². The zero-order valence-corrected chi connectivity index (χ0v) is 8.16. The van der Waals surface area contributed by atoms with Gasteiger partial charge in [-0.2, -0.15) is 0 Å². The minimum atomic E-state index is 0.763. The van der Waals surface area contributed by atoms with Gasteiger partial charge < -0.3 is 4.18 Å². The van der Waals surface area contributed by atoms with Crippen molar-refractivity contribution in [3.05, 3.63) is 0 Å². The average Bonchev–Trinajstić information content (AvgIpc) is 1.66. The lowest BCUT2D eigenvalue weighted by molar-refractivity contribution is 0.340. The normalized spacial score (nSPS) is 10.5. The van der Waals surface area contributed by atoms with E-state index in [9.17, 15) is 0 Å². The van der Waals surface area contributed by atoms with Gasteiger partial charge in [-0.15, -0.1) is 0 Å². The molecule has 0 saturated heterocycles. The molecule has 50 valence electrons. The molecule has 0 amide bonds. The van der Waals surface area contributed by atoms with E-state index in [0.717, 1.165) is 18.9 Å². The maximum atomic E-state index is 5.05. The molecule has 8 heavy (non-hydrogen) atoms. The molecule has 0 aliphatic rings. The van der Waals surface area contributed by atoms with Crippen LogP contribution in [0.25, 0.3) is 0 Å². The van der Waals surface area contributed by atoms with Crippen LogP contribution in [0.3, 0.4) is 0 Å². The maximum Gasteiger partial charge on any atom is 0.0650 e. The summed E-state index contributed by atoms with van der Waals surface area (Å²) in [7, 11) is 1.41. The van der Waals surface area contributed by atoms with Gasteiger partial charge in [-0.25, -0.2) is 0 Å². The predicted octanol–water partition coefficient (Wildman–Crippen LogP) is 3.05. The topological polar surface area (TPSA) is 9.23 Å². The van der Waals surface area contributed by atoms with E-state index in [0.29, 0.717) is 0 Å². The van der Waals surface area contributed by atoms with E-state index in [2.05, 4.69) is 35.1 Å². The minimum Gasteiger partial charge on any atom is -0.305 e. The van der Waals surface area contributed by atoms with Crippen molar-refractivity contribution in [2.24, 2.45) is 5.92 Å². The third kappa shape index (κ3) is 7.04. The first-order chi connectivity index (χ1) is 3.77. The Morgan fingerprint density at radius 1 is 1.62 bits per heavy atom. The first kappa shape index (κ1) is 9.04. The van der Waals surface area contributed by atoms with E-state index in [1.54, 1.807) is 0 Å². The minimum absolute atomic E-state index is 0.763. The highest BCUT2D eigenvalue weighted by molar-refractivity contribution is 14.2. The van der Waals surface area contributed by atoms with Gasteiger partial charge >= 0.3 is 0 Å². The van der Waals surface area contributed by atoms with Crippen LogP contribution >= 0.6 is 30.4 Å². The lowest BCUT2D eigenvalue weighted by atomic mass is 10.2. The Hall–Kier alpha value is 1.04. The predicted molar refractivity (Wildman–Crippen MR) is 47.0 cm³/mol. The van der Waals surface area contributed by atoms with Crippen molar-refractivity contribution in [2.75, 3.05) is 6.61 Å². The van der Waals surface area contributed by atoms with Crippen molar-refractivity contribution in [1.29, 1.82) is 0 Å². The summed E-state index contributed by atoms with van der Waals surface area (Å²) in [6.45, 7) is 5.27. The Kier molecular flexibility index (Phi) is 6.97. The van der Waals surface area contributed by atoms with Crippen LogP contribution in [0.5, 0.6) is 0 Å². The van der Waals surface area contributed by atoms with E-state index in [4.69, 9.17) is 4.18 Å². The number of halogens is 1. The van der Waals surface area contributed by atoms with Crippen LogP contribution < -0.4 is 0 Å². The molecule has 0 atom stereocenters. The first-order valence-electron chi connectivity index (χ1n) is 2.67. The molecule has 0 N–H and O–H groups in total. The summed E-state index contributed by atoms with van der Waals surface area (Å²) < 4.78 is 5.05. The Morgan fingerprint density at radius 3 is 2.62 bits per heavy atom. The van der Waals surface area contributed by atoms with Crippen LogP contribution in [0.2, 0.25) is 0 Å². The summed E-state index contributed by atoms with van der Waals surface area (Å²) >= 11 is 2.13. The second-order valence-corrected chi connectivity index (χ2v) is 3.51. The number of hydrogen-bond donors (Lipinski definition) is 0. The molecule has 0 aromatic heterocycles. The molecule has 0 saturated carbocycles. The molecule has 0 bridgehead atoms. The molecule has 0 rings (SSSR count). The van der Waals surface area contributed by atoms with Gasteiger partial charge in [-0.1, -0.05) is 13.8 Å². The van der Waals surface area contributed by atoms with Gasteiger partial charge in [0.2, 0.25) is 0 Å². The van der Waals surface area contributed by atoms with Crippen molar-refractivity contribution in [1.82, 2.24) is 0 Å². The molecule has 0 aromatic carbocycles. The standard InChI is InChI=1S/C5H11IOS/c1-5(2)3-4-7-8-6/h5H,3-4H2,1-2H3. The van der Waals surface area contributed by atoms with Crippen LogP contribution in [0.4, 0.5) is 0 Å². The Morgan fingerprint density at radius 2 is 2.25 bits per heavy atom. The molecule has 0 spiro atoms. The maximum absolute atomic E-state index is 5.05. The summed E-state index contributed by atoms with van der Waals surface area (Å²) in [5, 5.41) is 0. The summed E-state index contributed by atoms with van der Waals surface area (Å²) in [5.41, 5.74) is 0. The van der Waals surface area contributed by atoms with E-state index >= 15 is 0 Å². The number of rotatable bonds is 4. The van der Waals surface area contributed by atoms with Crippen LogP contribution in [-0.2, 0) is 4.18 Å². The van der Waals surface area contributed by atoms with Crippen LogP contribution in [-0.4, -0.2) is 6.61 Å². The Bertz CT molecular complexity index is 49.7. The third-order valence-electron chi connectivity index (χ3n) is 0.823.